The van der Waals surface area contributed by atoms with E-state index in [1.807, 2.05) is 35.7 Å². The van der Waals surface area contributed by atoms with Crippen LogP contribution in [0.15, 0.2) is 94.8 Å². The van der Waals surface area contributed by atoms with Crippen LogP contribution in [0.1, 0.15) is 11.1 Å². The van der Waals surface area contributed by atoms with E-state index in [0.717, 1.165) is 16.8 Å². The number of non-ortho nitro benzene ring substituents is 1. The van der Waals surface area contributed by atoms with Crippen molar-refractivity contribution >= 4 is 46.1 Å². The van der Waals surface area contributed by atoms with Crippen molar-refractivity contribution in [2.75, 3.05) is 13.2 Å². The Kier molecular flexibility index (Phi) is 6.82. The van der Waals surface area contributed by atoms with Crippen LogP contribution in [-0.2, 0) is 4.79 Å². The van der Waals surface area contributed by atoms with Gasteiger partial charge in [-0.05, 0) is 41.5 Å². The van der Waals surface area contributed by atoms with Gasteiger partial charge in [-0.2, -0.15) is 4.99 Å². The lowest BCUT2D eigenvalue weighted by molar-refractivity contribution is -0.384. The zero-order valence-corrected chi connectivity index (χ0v) is 20.2. The largest absolute Gasteiger partial charge is 0.490 e. The number of thioether (sulfide) groups is 1. The molecule has 3 aromatic carbocycles. The van der Waals surface area contributed by atoms with E-state index in [2.05, 4.69) is 4.99 Å². The zero-order valence-electron chi connectivity index (χ0n) is 19.4. The number of ether oxygens (including phenoxy) is 2. The van der Waals surface area contributed by atoms with Crippen molar-refractivity contribution in [2.45, 2.75) is 0 Å². The molecule has 1 N–H and O–H groups in total. The highest BCUT2D eigenvalue weighted by molar-refractivity contribution is 8.17. The number of hydrogen-bond donors (Lipinski definition) is 1. The zero-order chi connectivity index (χ0) is 25.8. The summed E-state index contributed by atoms with van der Waals surface area (Å²) in [7, 11) is 0. The molecule has 9 nitrogen and oxygen atoms in total. The number of nitro benzene ring substituents is 1. The van der Waals surface area contributed by atoms with E-state index in [-0.39, 0.29) is 30.3 Å². The van der Waals surface area contributed by atoms with Crippen LogP contribution < -0.4 is 9.47 Å². The highest BCUT2D eigenvalue weighted by atomic mass is 32.2. The first kappa shape index (κ1) is 24.0. The lowest BCUT2D eigenvalue weighted by atomic mass is 10.1. The van der Waals surface area contributed by atoms with Gasteiger partial charge in [-0.15, -0.1) is 0 Å². The average Bonchev–Trinajstić information content (AvgIpc) is 3.34. The molecule has 0 atom stereocenters. The molecule has 0 bridgehead atoms. The maximum absolute atomic E-state index is 12.7. The van der Waals surface area contributed by atoms with Crippen LogP contribution in [0.4, 0.5) is 5.69 Å². The SMILES string of the molecule is N=C1C(=Cc2ccc(OCCOc3ccc([N+](=O)[O-])cc3)cc2)C(=O)N=C2SC=C(c3ccccc3)N12. The van der Waals surface area contributed by atoms with Crippen LogP contribution in [0.25, 0.3) is 11.8 Å². The van der Waals surface area contributed by atoms with Gasteiger partial charge in [0, 0.05) is 17.5 Å². The predicted octanol–water partition coefficient (Wildman–Crippen LogP) is 5.36. The fraction of sp³-hybridized carbons (Fsp3) is 0.0741. The van der Waals surface area contributed by atoms with E-state index in [1.165, 1.54) is 36.0 Å². The van der Waals surface area contributed by atoms with E-state index in [1.54, 1.807) is 35.2 Å². The average molecular weight is 513 g/mol. The van der Waals surface area contributed by atoms with Gasteiger partial charge in [0.2, 0.25) is 0 Å². The summed E-state index contributed by atoms with van der Waals surface area (Å²) in [6.45, 7) is 0.542. The quantitative estimate of drug-likeness (QED) is 0.187. The number of carbonyl (C=O) groups is 1. The number of nitrogens with one attached hydrogen (secondary N) is 1. The van der Waals surface area contributed by atoms with Gasteiger partial charge in [-0.3, -0.25) is 25.2 Å². The molecule has 0 fully saturated rings. The van der Waals surface area contributed by atoms with Gasteiger partial charge in [0.15, 0.2) is 5.17 Å². The molecule has 5 rings (SSSR count). The lowest BCUT2D eigenvalue weighted by Gasteiger charge is -2.26. The van der Waals surface area contributed by atoms with Crippen LogP contribution in [0, 0.1) is 15.5 Å². The fourth-order valence-electron chi connectivity index (χ4n) is 3.72. The van der Waals surface area contributed by atoms with Gasteiger partial charge in [0.1, 0.15) is 30.5 Å². The summed E-state index contributed by atoms with van der Waals surface area (Å²) < 4.78 is 11.2. The summed E-state index contributed by atoms with van der Waals surface area (Å²) in [4.78, 5) is 28.8. The van der Waals surface area contributed by atoms with E-state index in [9.17, 15) is 14.9 Å². The number of amides is 1. The van der Waals surface area contributed by atoms with Gasteiger partial charge in [-0.25, -0.2) is 0 Å². The minimum atomic E-state index is -0.464. The summed E-state index contributed by atoms with van der Waals surface area (Å²) in [5.41, 5.74) is 2.70. The molecule has 0 aromatic heterocycles. The molecule has 0 saturated carbocycles. The number of hydrogen-bond acceptors (Lipinski definition) is 7. The number of nitro groups is 1. The van der Waals surface area contributed by atoms with Crippen LogP contribution in [-0.4, -0.2) is 39.9 Å². The summed E-state index contributed by atoms with van der Waals surface area (Å²) in [6.07, 6.45) is 1.65. The summed E-state index contributed by atoms with van der Waals surface area (Å²) in [5, 5.41) is 21.8. The Hall–Kier alpha value is -4.70. The summed E-state index contributed by atoms with van der Waals surface area (Å²) in [6, 6.07) is 22.7. The Balaban J connectivity index is 1.20. The Morgan fingerprint density at radius 2 is 1.57 bits per heavy atom. The van der Waals surface area contributed by atoms with E-state index >= 15 is 0 Å². The predicted molar refractivity (Wildman–Crippen MR) is 143 cm³/mol. The van der Waals surface area contributed by atoms with Crippen molar-refractivity contribution in [3.8, 4) is 11.5 Å². The number of carbonyl (C=O) groups excluding carboxylic acids is 1. The van der Waals surface area contributed by atoms with Crippen molar-refractivity contribution < 1.29 is 19.2 Å². The number of amidine groups is 2. The Labute approximate surface area is 216 Å². The number of fused-ring (bicyclic) bond motifs is 1. The molecule has 0 unspecified atom stereocenters. The second kappa shape index (κ2) is 10.5. The van der Waals surface area contributed by atoms with Crippen molar-refractivity contribution in [1.82, 2.24) is 4.90 Å². The van der Waals surface area contributed by atoms with E-state index < -0.39 is 10.8 Å². The molecule has 2 aliphatic heterocycles. The topological polar surface area (TPSA) is 118 Å². The van der Waals surface area contributed by atoms with Crippen molar-refractivity contribution in [3.05, 3.63) is 111 Å². The molecule has 0 saturated heterocycles. The Morgan fingerprint density at radius 3 is 2.19 bits per heavy atom. The highest BCUT2D eigenvalue weighted by Crippen LogP contribution is 2.37. The standard InChI is InChI=1S/C27H20N4O5S/c28-25-23(26(32)29-27-30(25)24(17-37-27)19-4-2-1-3-5-19)16-18-6-10-21(11-7-18)35-14-15-36-22-12-8-20(9-13-22)31(33)34/h1-13,16-17,28H,14-15H2. The van der Waals surface area contributed by atoms with Crippen LogP contribution >= 0.6 is 11.8 Å². The third kappa shape index (κ3) is 5.29. The normalized spacial score (nSPS) is 15.8. The molecule has 1 amide bonds. The molecule has 0 aliphatic carbocycles. The smallest absolute Gasteiger partial charge is 0.283 e. The second-order valence-corrected chi connectivity index (χ2v) is 8.78. The lowest BCUT2D eigenvalue weighted by Crippen LogP contribution is -2.38. The molecular formula is C27H20N4O5S. The van der Waals surface area contributed by atoms with Crippen molar-refractivity contribution in [2.24, 2.45) is 4.99 Å². The molecule has 10 heteroatoms. The van der Waals surface area contributed by atoms with E-state index in [0.29, 0.717) is 16.7 Å². The molecule has 2 aliphatic rings. The Morgan fingerprint density at radius 1 is 0.946 bits per heavy atom. The third-order valence-electron chi connectivity index (χ3n) is 5.54. The van der Waals surface area contributed by atoms with Crippen LogP contribution in [0.3, 0.4) is 0 Å². The van der Waals surface area contributed by atoms with Gasteiger partial charge in [0.05, 0.1) is 16.2 Å². The number of aliphatic imine (C=N–C) groups is 1. The molecular weight excluding hydrogens is 492 g/mol. The monoisotopic (exact) mass is 512 g/mol. The molecule has 2 heterocycles. The van der Waals surface area contributed by atoms with Crippen molar-refractivity contribution in [1.29, 1.82) is 5.41 Å². The minimum Gasteiger partial charge on any atom is -0.490 e. The number of rotatable bonds is 8. The van der Waals surface area contributed by atoms with Crippen LogP contribution in [0.5, 0.6) is 11.5 Å². The molecule has 184 valence electrons. The van der Waals surface area contributed by atoms with Gasteiger partial charge in [-0.1, -0.05) is 54.2 Å². The maximum Gasteiger partial charge on any atom is 0.283 e. The molecule has 0 spiro atoms. The van der Waals surface area contributed by atoms with E-state index in [4.69, 9.17) is 14.9 Å². The first-order valence-electron chi connectivity index (χ1n) is 11.3. The van der Waals surface area contributed by atoms with Gasteiger partial charge < -0.3 is 9.47 Å². The molecule has 3 aromatic rings. The van der Waals surface area contributed by atoms with Gasteiger partial charge in [0.25, 0.3) is 11.6 Å². The Bertz CT molecular complexity index is 1450. The first-order chi connectivity index (χ1) is 18.0. The third-order valence-corrected chi connectivity index (χ3v) is 6.37. The highest BCUT2D eigenvalue weighted by Gasteiger charge is 2.36. The number of benzene rings is 3. The maximum atomic E-state index is 12.7. The summed E-state index contributed by atoms with van der Waals surface area (Å²) in [5.74, 6) is 0.766. The minimum absolute atomic E-state index is 0.00313. The number of nitrogens with zero attached hydrogens (tertiary/aromatic N) is 3. The van der Waals surface area contributed by atoms with Crippen molar-refractivity contribution in [3.63, 3.8) is 0 Å². The molecule has 0 radical (unpaired) electrons. The fourth-order valence-corrected chi connectivity index (χ4v) is 4.61. The summed E-state index contributed by atoms with van der Waals surface area (Å²) >= 11 is 1.33. The second-order valence-electron chi connectivity index (χ2n) is 7.95. The molecule has 37 heavy (non-hydrogen) atoms. The van der Waals surface area contributed by atoms with Crippen LogP contribution in [0.2, 0.25) is 0 Å². The van der Waals surface area contributed by atoms with Gasteiger partial charge >= 0.3 is 0 Å². The first-order valence-corrected chi connectivity index (χ1v) is 12.1.